The van der Waals surface area contributed by atoms with Crippen LogP contribution < -0.4 is 4.90 Å². The van der Waals surface area contributed by atoms with Gasteiger partial charge in [0.25, 0.3) is 0 Å². The van der Waals surface area contributed by atoms with Crippen molar-refractivity contribution in [3.63, 3.8) is 0 Å². The normalized spacial score (nSPS) is 27.0. The molecule has 2 aliphatic heterocycles. The summed E-state index contributed by atoms with van der Waals surface area (Å²) in [5, 5.41) is 9.27. The van der Waals surface area contributed by atoms with Gasteiger partial charge in [-0.05, 0) is 51.6 Å². The van der Waals surface area contributed by atoms with Crippen molar-refractivity contribution in [1.29, 1.82) is 0 Å². The first-order chi connectivity index (χ1) is 14.0. The highest BCUT2D eigenvalue weighted by molar-refractivity contribution is 5.66. The zero-order chi connectivity index (χ0) is 20.4. The van der Waals surface area contributed by atoms with Crippen LogP contribution in [-0.2, 0) is 4.79 Å². The minimum absolute atomic E-state index is 0.241. The number of piperidine rings is 1. The largest absolute Gasteiger partial charge is 0.481 e. The summed E-state index contributed by atoms with van der Waals surface area (Å²) in [6.45, 7) is 8.22. The molecule has 160 valence electrons. The zero-order valence-corrected chi connectivity index (χ0v) is 17.9. The van der Waals surface area contributed by atoms with Crippen LogP contribution in [0.25, 0.3) is 0 Å². The molecule has 1 aromatic heterocycles. The number of piperazine rings is 1. The van der Waals surface area contributed by atoms with Crippen LogP contribution in [0.4, 0.5) is 5.95 Å². The molecule has 3 heterocycles. The topological polar surface area (TPSA) is 72.8 Å². The summed E-state index contributed by atoms with van der Waals surface area (Å²) in [6.07, 6.45) is 5.81. The number of carboxylic acids is 1. The molecule has 1 aliphatic carbocycles. The van der Waals surface area contributed by atoms with Crippen LogP contribution >= 0.6 is 0 Å². The number of aryl methyl sites for hydroxylation is 1. The highest BCUT2D eigenvalue weighted by Crippen LogP contribution is 2.36. The van der Waals surface area contributed by atoms with E-state index in [2.05, 4.69) is 34.7 Å². The van der Waals surface area contributed by atoms with E-state index in [4.69, 9.17) is 9.97 Å². The van der Waals surface area contributed by atoms with Crippen LogP contribution in [0.3, 0.4) is 0 Å². The second kappa shape index (κ2) is 8.96. The molecule has 1 aromatic rings. The van der Waals surface area contributed by atoms with Gasteiger partial charge in [-0.1, -0.05) is 6.42 Å². The maximum absolute atomic E-state index is 11.3. The van der Waals surface area contributed by atoms with E-state index in [-0.39, 0.29) is 6.42 Å². The highest BCUT2D eigenvalue weighted by atomic mass is 16.4. The van der Waals surface area contributed by atoms with Gasteiger partial charge < -0.3 is 14.9 Å². The molecule has 2 atom stereocenters. The molecule has 0 spiro atoms. The molecule has 3 fully saturated rings. The Kier molecular flexibility index (Phi) is 6.35. The number of carbonyl (C=O) groups is 1. The third kappa shape index (κ3) is 4.89. The van der Waals surface area contributed by atoms with Crippen LogP contribution in [0.5, 0.6) is 0 Å². The summed E-state index contributed by atoms with van der Waals surface area (Å²) in [6, 6.07) is 2.61. The molecule has 0 bridgehead atoms. The van der Waals surface area contributed by atoms with E-state index in [9.17, 15) is 9.90 Å². The molecule has 4 rings (SSSR count). The smallest absolute Gasteiger partial charge is 0.303 e. The number of anilines is 1. The number of hydrogen-bond donors (Lipinski definition) is 1. The summed E-state index contributed by atoms with van der Waals surface area (Å²) >= 11 is 0. The molecular weight excluding hydrogens is 366 g/mol. The van der Waals surface area contributed by atoms with Crippen LogP contribution in [0.15, 0.2) is 6.07 Å². The van der Waals surface area contributed by atoms with E-state index in [1.807, 2.05) is 0 Å². The minimum Gasteiger partial charge on any atom is -0.481 e. The second-order valence-corrected chi connectivity index (χ2v) is 9.20. The zero-order valence-electron chi connectivity index (χ0n) is 17.9. The summed E-state index contributed by atoms with van der Waals surface area (Å²) < 4.78 is 0. The van der Waals surface area contributed by atoms with Crippen molar-refractivity contribution < 1.29 is 9.90 Å². The van der Waals surface area contributed by atoms with Gasteiger partial charge in [-0.2, -0.15) is 0 Å². The lowest BCUT2D eigenvalue weighted by molar-refractivity contribution is -0.137. The van der Waals surface area contributed by atoms with E-state index >= 15 is 0 Å². The molecule has 0 amide bonds. The Balaban J connectivity index is 1.49. The van der Waals surface area contributed by atoms with Crippen molar-refractivity contribution in [2.75, 3.05) is 51.2 Å². The van der Waals surface area contributed by atoms with E-state index in [0.717, 1.165) is 63.8 Å². The average Bonchev–Trinajstić information content (AvgIpc) is 2.65. The lowest BCUT2D eigenvalue weighted by Gasteiger charge is -2.46. The van der Waals surface area contributed by atoms with E-state index in [0.29, 0.717) is 17.9 Å². The monoisotopic (exact) mass is 401 g/mol. The molecule has 0 unspecified atom stereocenters. The molecular formula is C22H35N5O2. The molecule has 3 aliphatic rings. The van der Waals surface area contributed by atoms with Crippen molar-refractivity contribution in [3.8, 4) is 0 Å². The lowest BCUT2D eigenvalue weighted by Crippen LogP contribution is -2.56. The molecule has 7 nitrogen and oxygen atoms in total. The fourth-order valence-corrected chi connectivity index (χ4v) is 5.06. The molecule has 29 heavy (non-hydrogen) atoms. The van der Waals surface area contributed by atoms with Crippen molar-refractivity contribution in [2.45, 2.75) is 57.4 Å². The minimum atomic E-state index is -0.696. The number of likely N-dealkylation sites (N-methyl/N-ethyl adjacent to an activating group) is 1. The van der Waals surface area contributed by atoms with Gasteiger partial charge in [-0.25, -0.2) is 9.97 Å². The van der Waals surface area contributed by atoms with Crippen molar-refractivity contribution >= 4 is 11.9 Å². The van der Waals surface area contributed by atoms with Gasteiger partial charge in [-0.15, -0.1) is 0 Å². The van der Waals surface area contributed by atoms with Gasteiger partial charge in [-0.3, -0.25) is 9.69 Å². The molecule has 2 saturated heterocycles. The third-order valence-electron chi connectivity index (χ3n) is 7.10. The predicted molar refractivity (Wildman–Crippen MR) is 113 cm³/mol. The number of rotatable bonds is 6. The maximum atomic E-state index is 11.3. The van der Waals surface area contributed by atoms with Crippen LogP contribution in [0.1, 0.15) is 55.8 Å². The quantitative estimate of drug-likeness (QED) is 0.784. The lowest BCUT2D eigenvalue weighted by atomic mass is 9.82. The molecule has 1 N–H and O–H groups in total. The van der Waals surface area contributed by atoms with Gasteiger partial charge in [0.05, 0.1) is 0 Å². The van der Waals surface area contributed by atoms with E-state index < -0.39 is 5.97 Å². The van der Waals surface area contributed by atoms with Gasteiger partial charge in [0.2, 0.25) is 5.95 Å². The van der Waals surface area contributed by atoms with E-state index in [1.54, 1.807) is 0 Å². The van der Waals surface area contributed by atoms with E-state index in [1.165, 1.54) is 25.0 Å². The van der Waals surface area contributed by atoms with Crippen LogP contribution in [0.2, 0.25) is 0 Å². The Morgan fingerprint density at radius 2 is 1.90 bits per heavy atom. The first-order valence-electron chi connectivity index (χ1n) is 11.2. The number of aliphatic carboxylic acids is 1. The highest BCUT2D eigenvalue weighted by Gasteiger charge is 2.35. The Bertz CT molecular complexity index is 715. The van der Waals surface area contributed by atoms with Crippen molar-refractivity contribution in [2.24, 2.45) is 5.92 Å². The van der Waals surface area contributed by atoms with Gasteiger partial charge >= 0.3 is 5.97 Å². The standard InChI is InChI=1S/C22H35N5O2/c1-16-14-19(17-4-3-5-17)24-22(23-16)27-9-8-20(18(15-27)6-7-21(28)29)26-12-10-25(2)11-13-26/h14,17-18,20H,3-13,15H2,1-2H3,(H,28,29)/t18-,20+/m1/s1. The fraction of sp³-hybridized carbons (Fsp3) is 0.773. The molecule has 7 heteroatoms. The van der Waals surface area contributed by atoms with Gasteiger partial charge in [0.1, 0.15) is 0 Å². The van der Waals surface area contributed by atoms with Crippen LogP contribution in [0, 0.1) is 12.8 Å². The Hall–Kier alpha value is -1.73. The Labute approximate surface area is 174 Å². The van der Waals surface area contributed by atoms with Crippen molar-refractivity contribution in [3.05, 3.63) is 17.5 Å². The molecule has 1 saturated carbocycles. The molecule has 0 aromatic carbocycles. The number of carboxylic acid groups (broad SMARTS) is 1. The average molecular weight is 402 g/mol. The number of hydrogen-bond acceptors (Lipinski definition) is 6. The van der Waals surface area contributed by atoms with Crippen LogP contribution in [-0.4, -0.2) is 83.2 Å². The summed E-state index contributed by atoms with van der Waals surface area (Å²) in [5.41, 5.74) is 2.24. The Morgan fingerprint density at radius 3 is 2.55 bits per heavy atom. The third-order valence-corrected chi connectivity index (χ3v) is 7.10. The SMILES string of the molecule is Cc1cc(C2CCC2)nc(N2CC[C@H](N3CCN(C)CC3)[C@H](CCC(=O)O)C2)n1. The predicted octanol–water partition coefficient (Wildman–Crippen LogP) is 2.36. The first-order valence-corrected chi connectivity index (χ1v) is 11.2. The van der Waals surface area contributed by atoms with Crippen molar-refractivity contribution in [1.82, 2.24) is 19.8 Å². The van der Waals surface area contributed by atoms with Gasteiger partial charge in [0, 0.05) is 69.0 Å². The first kappa shape index (κ1) is 20.5. The number of nitrogens with zero attached hydrogens (tertiary/aromatic N) is 5. The second-order valence-electron chi connectivity index (χ2n) is 9.20. The Morgan fingerprint density at radius 1 is 1.14 bits per heavy atom. The number of aromatic nitrogens is 2. The summed E-state index contributed by atoms with van der Waals surface area (Å²) in [7, 11) is 2.18. The maximum Gasteiger partial charge on any atom is 0.303 e. The van der Waals surface area contributed by atoms with Gasteiger partial charge in [0.15, 0.2) is 0 Å². The summed E-state index contributed by atoms with van der Waals surface area (Å²) in [4.78, 5) is 28.2. The summed E-state index contributed by atoms with van der Waals surface area (Å²) in [5.74, 6) is 1.10. The molecule has 0 radical (unpaired) electrons. The fourth-order valence-electron chi connectivity index (χ4n) is 5.06.